The van der Waals surface area contributed by atoms with Gasteiger partial charge in [-0.1, -0.05) is 238 Å². The van der Waals surface area contributed by atoms with Crippen LogP contribution >= 0.6 is 0 Å². The summed E-state index contributed by atoms with van der Waals surface area (Å²) in [6, 6.07) is -0.832. The van der Waals surface area contributed by atoms with E-state index in [1.807, 2.05) is 6.08 Å². The second-order valence-electron chi connectivity index (χ2n) is 19.7. The van der Waals surface area contributed by atoms with E-state index in [0.29, 0.717) is 6.42 Å². The largest absolute Gasteiger partial charge is 0.394 e. The lowest BCUT2D eigenvalue weighted by Crippen LogP contribution is -2.60. The quantitative estimate of drug-likeness (QED) is 0.0261. The highest BCUT2D eigenvalue weighted by molar-refractivity contribution is 5.76. The highest BCUT2D eigenvalue weighted by atomic mass is 16.7. The van der Waals surface area contributed by atoms with Crippen molar-refractivity contribution in [1.29, 1.82) is 0 Å². The van der Waals surface area contributed by atoms with Gasteiger partial charge in [0.25, 0.3) is 0 Å². The number of rotatable bonds is 48. The minimum absolute atomic E-state index is 0.196. The van der Waals surface area contributed by atoms with E-state index in [-0.39, 0.29) is 12.5 Å². The molecule has 0 saturated carbocycles. The molecular weight excluding hydrogens is 911 g/mol. The maximum atomic E-state index is 13.0. The van der Waals surface area contributed by atoms with Crippen LogP contribution in [0.5, 0.6) is 0 Å². The summed E-state index contributed by atoms with van der Waals surface area (Å²) in [6.07, 6.45) is 71.5. The molecule has 0 spiro atoms. The molecule has 1 saturated heterocycles. The van der Waals surface area contributed by atoms with Gasteiger partial charge in [-0.25, -0.2) is 0 Å². The van der Waals surface area contributed by atoms with Crippen LogP contribution in [-0.2, 0) is 14.3 Å². The molecule has 6 N–H and O–H groups in total. The minimum Gasteiger partial charge on any atom is -0.394 e. The summed E-state index contributed by atoms with van der Waals surface area (Å²) in [5.41, 5.74) is 0. The van der Waals surface area contributed by atoms with Crippen molar-refractivity contribution in [2.75, 3.05) is 13.2 Å². The number of aliphatic hydroxyl groups is 5. The molecule has 0 aromatic carbocycles. The average molecular weight is 1020 g/mol. The molecule has 1 aliphatic rings. The predicted molar refractivity (Wildman–Crippen MR) is 308 cm³/mol. The van der Waals surface area contributed by atoms with Crippen molar-refractivity contribution < 1.29 is 39.8 Å². The molecule has 0 aliphatic carbocycles. The number of allylic oxidation sites excluding steroid dienone is 19. The monoisotopic (exact) mass is 1020 g/mol. The molecule has 7 atom stereocenters. The third-order valence-electron chi connectivity index (χ3n) is 13.0. The number of nitrogens with one attached hydrogen (secondary N) is 1. The zero-order valence-electron chi connectivity index (χ0n) is 46.1. The Balaban J connectivity index is 2.08. The van der Waals surface area contributed by atoms with E-state index in [4.69, 9.17) is 9.47 Å². The van der Waals surface area contributed by atoms with Crippen molar-refractivity contribution in [3.63, 3.8) is 0 Å². The summed E-state index contributed by atoms with van der Waals surface area (Å²) in [4.78, 5) is 13.0. The fourth-order valence-corrected chi connectivity index (χ4v) is 8.41. The lowest BCUT2D eigenvalue weighted by Gasteiger charge is -2.40. The van der Waals surface area contributed by atoms with Crippen molar-refractivity contribution in [2.45, 2.75) is 262 Å². The Kier molecular flexibility index (Phi) is 48.2. The van der Waals surface area contributed by atoms with Crippen LogP contribution in [0, 0.1) is 0 Å². The van der Waals surface area contributed by atoms with Gasteiger partial charge in [-0.3, -0.25) is 4.79 Å². The van der Waals surface area contributed by atoms with Gasteiger partial charge in [-0.05, 0) is 96.3 Å². The summed E-state index contributed by atoms with van der Waals surface area (Å²) in [6.45, 7) is 3.55. The van der Waals surface area contributed by atoms with E-state index in [0.717, 1.165) is 103 Å². The molecular formula is C64H107NO8. The van der Waals surface area contributed by atoms with E-state index < -0.39 is 49.5 Å². The van der Waals surface area contributed by atoms with Gasteiger partial charge in [0, 0.05) is 6.42 Å². The Morgan fingerprint density at radius 1 is 0.479 bits per heavy atom. The van der Waals surface area contributed by atoms with Crippen LogP contribution in [0.15, 0.2) is 122 Å². The molecule has 0 aromatic heterocycles. The molecule has 416 valence electrons. The van der Waals surface area contributed by atoms with Gasteiger partial charge in [-0.15, -0.1) is 0 Å². The summed E-state index contributed by atoms with van der Waals surface area (Å²) >= 11 is 0. The molecule has 1 rings (SSSR count). The molecule has 1 fully saturated rings. The van der Waals surface area contributed by atoms with Crippen molar-refractivity contribution in [3.05, 3.63) is 122 Å². The van der Waals surface area contributed by atoms with Crippen LogP contribution in [0.2, 0.25) is 0 Å². The van der Waals surface area contributed by atoms with Gasteiger partial charge >= 0.3 is 0 Å². The first-order chi connectivity index (χ1) is 35.8. The molecule has 1 amide bonds. The minimum atomic E-state index is -1.58. The first kappa shape index (κ1) is 67.6. The highest BCUT2D eigenvalue weighted by Crippen LogP contribution is 2.23. The number of amides is 1. The first-order valence-corrected chi connectivity index (χ1v) is 29.3. The third kappa shape index (κ3) is 41.5. The summed E-state index contributed by atoms with van der Waals surface area (Å²) in [7, 11) is 0. The topological polar surface area (TPSA) is 149 Å². The molecule has 1 heterocycles. The Bertz CT molecular complexity index is 1560. The van der Waals surface area contributed by atoms with Gasteiger partial charge in [0.2, 0.25) is 5.91 Å². The molecule has 0 aromatic rings. The smallest absolute Gasteiger partial charge is 0.220 e. The van der Waals surface area contributed by atoms with Crippen LogP contribution in [0.3, 0.4) is 0 Å². The summed E-state index contributed by atoms with van der Waals surface area (Å²) in [5, 5.41) is 54.3. The average Bonchev–Trinajstić information content (AvgIpc) is 3.39. The fourth-order valence-electron chi connectivity index (χ4n) is 8.41. The molecule has 9 nitrogen and oxygen atoms in total. The van der Waals surface area contributed by atoms with Gasteiger partial charge < -0.3 is 40.3 Å². The molecule has 7 unspecified atom stereocenters. The van der Waals surface area contributed by atoms with Crippen LogP contribution in [-0.4, -0.2) is 87.5 Å². The molecule has 1 aliphatic heterocycles. The fraction of sp³-hybridized carbons (Fsp3) is 0.672. The first-order valence-electron chi connectivity index (χ1n) is 29.3. The standard InChI is InChI=1S/C64H107NO8/c1-3-5-7-9-11-13-15-16-17-18-19-20-21-22-23-24-25-26-27-28-29-30-31-32-33-34-35-36-37-38-39-40-41-42-44-46-48-50-52-54-60(68)65-57(56-72-64-63(71)62(70)61(69)59(55-66)73-64)58(67)53-51-49-47-45-43-14-12-10-8-6-4-2/h5,7-8,10-11,13,16-17,19-20,22-23,25-26,28-29,43,45,51,53,57-59,61-64,66-67,69-71H,3-4,6,9,12,14-15,18,21,24,27,30-42,44,46-50,52,54-56H2,1-2H3,(H,65,68)/b7-5-,10-8+,13-11-,17-16-,20-19-,23-22-,26-25-,29-28-,45-43+,53-51+. The predicted octanol–water partition coefficient (Wildman–Crippen LogP) is 14.7. The zero-order valence-corrected chi connectivity index (χ0v) is 46.1. The number of carbonyl (C=O) groups is 1. The van der Waals surface area contributed by atoms with E-state index in [1.165, 1.54) is 96.3 Å². The normalized spacial score (nSPS) is 20.0. The number of unbranched alkanes of at least 4 members (excludes halogenated alkanes) is 20. The lowest BCUT2D eigenvalue weighted by molar-refractivity contribution is -0.302. The van der Waals surface area contributed by atoms with E-state index >= 15 is 0 Å². The Labute approximate surface area is 446 Å². The van der Waals surface area contributed by atoms with Crippen LogP contribution in [0.4, 0.5) is 0 Å². The molecule has 73 heavy (non-hydrogen) atoms. The molecule has 9 heteroatoms. The summed E-state index contributed by atoms with van der Waals surface area (Å²) in [5.74, 6) is -0.196. The Hall–Kier alpha value is -3.41. The van der Waals surface area contributed by atoms with E-state index in [2.05, 4.69) is 129 Å². The Morgan fingerprint density at radius 2 is 0.863 bits per heavy atom. The van der Waals surface area contributed by atoms with E-state index in [9.17, 15) is 30.3 Å². The highest BCUT2D eigenvalue weighted by Gasteiger charge is 2.44. The number of carbonyl (C=O) groups excluding carboxylic acids is 1. The summed E-state index contributed by atoms with van der Waals surface area (Å²) < 4.78 is 11.2. The second-order valence-corrected chi connectivity index (χ2v) is 19.7. The van der Waals surface area contributed by atoms with Crippen LogP contribution < -0.4 is 5.32 Å². The molecule has 0 bridgehead atoms. The van der Waals surface area contributed by atoms with Gasteiger partial charge in [-0.2, -0.15) is 0 Å². The number of ether oxygens (including phenoxy) is 2. The van der Waals surface area contributed by atoms with E-state index in [1.54, 1.807) is 6.08 Å². The third-order valence-corrected chi connectivity index (χ3v) is 13.0. The van der Waals surface area contributed by atoms with Crippen LogP contribution in [0.25, 0.3) is 0 Å². The zero-order chi connectivity index (χ0) is 52.9. The number of hydrogen-bond donors (Lipinski definition) is 6. The van der Waals surface area contributed by atoms with Crippen molar-refractivity contribution in [3.8, 4) is 0 Å². The van der Waals surface area contributed by atoms with Crippen molar-refractivity contribution in [2.24, 2.45) is 0 Å². The van der Waals surface area contributed by atoms with Gasteiger partial charge in [0.1, 0.15) is 24.4 Å². The maximum absolute atomic E-state index is 13.0. The maximum Gasteiger partial charge on any atom is 0.220 e. The Morgan fingerprint density at radius 3 is 1.30 bits per heavy atom. The van der Waals surface area contributed by atoms with Crippen LogP contribution in [0.1, 0.15) is 219 Å². The van der Waals surface area contributed by atoms with Gasteiger partial charge in [0.15, 0.2) is 6.29 Å². The second kappa shape index (κ2) is 52.0. The number of aliphatic hydroxyl groups excluding tert-OH is 5. The van der Waals surface area contributed by atoms with Gasteiger partial charge in [0.05, 0.1) is 25.4 Å². The lowest BCUT2D eigenvalue weighted by atomic mass is 9.99. The molecule has 0 radical (unpaired) electrons. The van der Waals surface area contributed by atoms with Crippen molar-refractivity contribution >= 4 is 5.91 Å². The number of hydrogen-bond acceptors (Lipinski definition) is 8. The van der Waals surface area contributed by atoms with Crippen molar-refractivity contribution in [1.82, 2.24) is 5.32 Å². The SMILES string of the molecule is CC/C=C\C/C=C\C/C=C\C/C=C\C/C=C\C/C=C\C/C=C\CCCCCCCCCCCCCCCCCCCC(=O)NC(COC1OC(CO)C(O)C(O)C1O)C(O)/C=C/CC/C=C/CC/C=C/CCC.